The lowest BCUT2D eigenvalue weighted by Gasteiger charge is -2.35. The number of anilines is 2. The monoisotopic (exact) mass is 570 g/mol. The highest BCUT2D eigenvalue weighted by Crippen LogP contribution is 2.53. The molecule has 1 spiro atoms. The van der Waals surface area contributed by atoms with Gasteiger partial charge in [-0.05, 0) is 43.7 Å². The number of aliphatic hydroxyl groups is 1. The Balaban J connectivity index is 1.35. The number of nitrogens with zero attached hydrogens (tertiary/aromatic N) is 4. The van der Waals surface area contributed by atoms with Crippen LogP contribution in [0.1, 0.15) is 19.4 Å². The number of ether oxygens (including phenoxy) is 1. The number of rotatable bonds is 8. The normalized spacial score (nSPS) is 28.5. The van der Waals surface area contributed by atoms with Gasteiger partial charge in [0.25, 0.3) is 5.91 Å². The summed E-state index contributed by atoms with van der Waals surface area (Å²) in [7, 11) is 0. The highest BCUT2D eigenvalue weighted by Gasteiger charge is 2.71. The van der Waals surface area contributed by atoms with E-state index in [1.54, 1.807) is 9.80 Å². The van der Waals surface area contributed by atoms with Gasteiger partial charge >= 0.3 is 0 Å². The number of hydrogen-bond acceptors (Lipinski definition) is 6. The van der Waals surface area contributed by atoms with Gasteiger partial charge in [-0.25, -0.2) is 0 Å². The van der Waals surface area contributed by atoms with Crippen LogP contribution in [0.25, 0.3) is 0 Å². The van der Waals surface area contributed by atoms with Crippen molar-refractivity contribution in [2.45, 2.75) is 38.1 Å². The lowest BCUT2D eigenvalue weighted by atomic mass is 9.77. The standard InChI is InChI=1S/C33H38N4O5/c1-3-34(4-2)24-13-15-25(16-14-24)36-19-9-17-33-28(31(40)37(20-21-38)29(33)32(36)41)27-26(42-33)12-8-18-35(30(27)39)22-23-10-6-5-7-11-23/h5-17,26-29,38H,3-4,18-22H2,1-2H3/t26-,27+,28-,29?,33-/m0/s1. The van der Waals surface area contributed by atoms with Crippen LogP contribution in [-0.4, -0.2) is 89.7 Å². The van der Waals surface area contributed by atoms with Crippen molar-refractivity contribution in [2.75, 3.05) is 49.1 Å². The average molecular weight is 571 g/mol. The molecule has 9 nitrogen and oxygen atoms in total. The molecule has 42 heavy (non-hydrogen) atoms. The molecule has 2 fully saturated rings. The summed E-state index contributed by atoms with van der Waals surface area (Å²) in [6.45, 7) is 6.76. The minimum Gasteiger partial charge on any atom is -0.395 e. The third kappa shape index (κ3) is 4.51. The fourth-order valence-corrected chi connectivity index (χ4v) is 7.15. The van der Waals surface area contributed by atoms with Gasteiger partial charge in [0, 0.05) is 50.6 Å². The van der Waals surface area contributed by atoms with Crippen LogP contribution in [0.15, 0.2) is 78.9 Å². The van der Waals surface area contributed by atoms with Crippen molar-refractivity contribution >= 4 is 29.1 Å². The lowest BCUT2D eigenvalue weighted by Crippen LogP contribution is -2.55. The van der Waals surface area contributed by atoms with Gasteiger partial charge < -0.3 is 29.4 Å². The molecule has 220 valence electrons. The molecule has 0 saturated carbocycles. The zero-order valence-corrected chi connectivity index (χ0v) is 24.1. The zero-order valence-electron chi connectivity index (χ0n) is 24.1. The van der Waals surface area contributed by atoms with Gasteiger partial charge in [0.1, 0.15) is 11.6 Å². The Hall–Kier alpha value is -3.95. The second-order valence-corrected chi connectivity index (χ2v) is 11.3. The van der Waals surface area contributed by atoms with Crippen molar-refractivity contribution in [3.05, 3.63) is 84.5 Å². The molecule has 6 rings (SSSR count). The maximum Gasteiger partial charge on any atom is 0.253 e. The smallest absolute Gasteiger partial charge is 0.253 e. The van der Waals surface area contributed by atoms with Gasteiger partial charge in [0.15, 0.2) is 0 Å². The maximum atomic E-state index is 14.4. The SMILES string of the molecule is CCN(CC)c1ccc(N2CC=C[C@]34O[C@H]5C=CCN(Cc6ccccc6)C(=O)[C@H]5[C@H]3C(=O)N(CCO)C4C2=O)cc1. The summed E-state index contributed by atoms with van der Waals surface area (Å²) in [6.07, 6.45) is 6.86. The fraction of sp³-hybridized carbons (Fsp3) is 0.424. The van der Waals surface area contributed by atoms with E-state index in [-0.39, 0.29) is 30.9 Å². The Labute approximate surface area is 246 Å². The maximum absolute atomic E-state index is 14.4. The first kappa shape index (κ1) is 28.2. The summed E-state index contributed by atoms with van der Waals surface area (Å²) < 4.78 is 6.67. The molecule has 0 aromatic heterocycles. The molecule has 0 bridgehead atoms. The Morgan fingerprint density at radius 1 is 0.929 bits per heavy atom. The molecular formula is C33H38N4O5. The number of hydrogen-bond donors (Lipinski definition) is 1. The quantitative estimate of drug-likeness (QED) is 0.491. The third-order valence-electron chi connectivity index (χ3n) is 9.09. The largest absolute Gasteiger partial charge is 0.395 e. The van der Waals surface area contributed by atoms with E-state index in [2.05, 4.69) is 18.7 Å². The summed E-state index contributed by atoms with van der Waals surface area (Å²) in [5, 5.41) is 9.93. The molecule has 1 N–H and O–H groups in total. The van der Waals surface area contributed by atoms with E-state index in [4.69, 9.17) is 4.74 Å². The van der Waals surface area contributed by atoms with Crippen LogP contribution in [0.4, 0.5) is 11.4 Å². The van der Waals surface area contributed by atoms with Crippen molar-refractivity contribution in [1.29, 1.82) is 0 Å². The number of carbonyl (C=O) groups is 3. The van der Waals surface area contributed by atoms with Crippen molar-refractivity contribution in [2.24, 2.45) is 11.8 Å². The van der Waals surface area contributed by atoms with Gasteiger partial charge in [-0.15, -0.1) is 0 Å². The van der Waals surface area contributed by atoms with E-state index in [1.807, 2.05) is 78.9 Å². The van der Waals surface area contributed by atoms with E-state index in [9.17, 15) is 19.5 Å². The molecule has 2 aromatic carbocycles. The molecule has 3 amide bonds. The summed E-state index contributed by atoms with van der Waals surface area (Å²) in [4.78, 5) is 49.7. The van der Waals surface area contributed by atoms with Gasteiger partial charge in [-0.2, -0.15) is 0 Å². The van der Waals surface area contributed by atoms with E-state index < -0.39 is 29.6 Å². The Bertz CT molecular complexity index is 1390. The first-order valence-corrected chi connectivity index (χ1v) is 14.9. The van der Waals surface area contributed by atoms with E-state index in [0.29, 0.717) is 19.6 Å². The van der Waals surface area contributed by atoms with Gasteiger partial charge in [0.05, 0.1) is 24.5 Å². The van der Waals surface area contributed by atoms with E-state index in [0.717, 1.165) is 30.0 Å². The Morgan fingerprint density at radius 3 is 2.36 bits per heavy atom. The van der Waals surface area contributed by atoms with Crippen LogP contribution >= 0.6 is 0 Å². The van der Waals surface area contributed by atoms with Gasteiger partial charge in [0.2, 0.25) is 11.8 Å². The van der Waals surface area contributed by atoms with Crippen molar-refractivity contribution < 1.29 is 24.2 Å². The van der Waals surface area contributed by atoms with Crippen LogP contribution in [0.2, 0.25) is 0 Å². The first-order valence-electron chi connectivity index (χ1n) is 14.9. The number of β-amino-alcohol motifs (C(OH)–C–C–N with tert-alkyl or cyclic N) is 1. The van der Waals surface area contributed by atoms with Gasteiger partial charge in [-0.3, -0.25) is 14.4 Å². The molecule has 0 aliphatic carbocycles. The molecule has 9 heteroatoms. The number of amides is 3. The number of aliphatic hydroxyl groups excluding tert-OH is 1. The van der Waals surface area contributed by atoms with Crippen LogP contribution in [0.5, 0.6) is 0 Å². The van der Waals surface area contributed by atoms with Crippen molar-refractivity contribution in [3.63, 3.8) is 0 Å². The topological polar surface area (TPSA) is 93.6 Å². The molecule has 5 atom stereocenters. The predicted octanol–water partition coefficient (Wildman–Crippen LogP) is 2.61. The third-order valence-corrected chi connectivity index (χ3v) is 9.09. The van der Waals surface area contributed by atoms with E-state index in [1.165, 1.54) is 4.90 Å². The Kier molecular flexibility index (Phi) is 7.64. The number of benzene rings is 2. The molecule has 4 aliphatic rings. The van der Waals surface area contributed by atoms with Crippen LogP contribution in [-0.2, 0) is 25.7 Å². The van der Waals surface area contributed by atoms with Gasteiger partial charge in [-0.1, -0.05) is 54.6 Å². The van der Waals surface area contributed by atoms with Crippen LogP contribution in [0.3, 0.4) is 0 Å². The molecule has 0 radical (unpaired) electrons. The highest BCUT2D eigenvalue weighted by molar-refractivity contribution is 6.05. The Morgan fingerprint density at radius 2 is 1.67 bits per heavy atom. The summed E-state index contributed by atoms with van der Waals surface area (Å²) in [5.74, 6) is -2.43. The summed E-state index contributed by atoms with van der Waals surface area (Å²) in [6, 6.07) is 16.6. The molecule has 4 heterocycles. The molecule has 4 aliphatic heterocycles. The van der Waals surface area contributed by atoms with Crippen LogP contribution in [0, 0.1) is 11.8 Å². The number of likely N-dealkylation sites (tertiary alicyclic amines) is 1. The molecule has 2 saturated heterocycles. The molecule has 1 unspecified atom stereocenters. The highest BCUT2D eigenvalue weighted by atomic mass is 16.5. The number of carbonyl (C=O) groups excluding carboxylic acids is 3. The minimum atomic E-state index is -1.32. The number of fused-ring (bicyclic) bond motifs is 2. The minimum absolute atomic E-state index is 0.0193. The fourth-order valence-electron chi connectivity index (χ4n) is 7.15. The second-order valence-electron chi connectivity index (χ2n) is 11.3. The zero-order chi connectivity index (χ0) is 29.4. The average Bonchev–Trinajstić information content (AvgIpc) is 3.31. The van der Waals surface area contributed by atoms with Crippen LogP contribution < -0.4 is 9.80 Å². The molecular weight excluding hydrogens is 532 g/mol. The van der Waals surface area contributed by atoms with Crippen molar-refractivity contribution in [1.82, 2.24) is 9.80 Å². The lowest BCUT2D eigenvalue weighted by molar-refractivity contribution is -0.145. The van der Waals surface area contributed by atoms with Crippen molar-refractivity contribution in [3.8, 4) is 0 Å². The predicted molar refractivity (Wildman–Crippen MR) is 160 cm³/mol. The molecule has 2 aromatic rings. The summed E-state index contributed by atoms with van der Waals surface area (Å²) in [5.41, 5.74) is 1.47. The summed E-state index contributed by atoms with van der Waals surface area (Å²) >= 11 is 0. The van der Waals surface area contributed by atoms with E-state index >= 15 is 0 Å². The second kappa shape index (κ2) is 11.4. The first-order chi connectivity index (χ1) is 20.4.